The molecule has 4 rings (SSSR count). The van der Waals surface area contributed by atoms with Gasteiger partial charge in [0.25, 0.3) is 5.22 Å². The molecule has 1 amide bonds. The number of nitrogens with zero attached hydrogens (tertiary/aromatic N) is 4. The summed E-state index contributed by atoms with van der Waals surface area (Å²) in [5.41, 5.74) is 2.37. The van der Waals surface area contributed by atoms with E-state index in [-0.39, 0.29) is 28.6 Å². The largest absolute Gasteiger partial charge is 0.411 e. The zero-order chi connectivity index (χ0) is 22.3. The van der Waals surface area contributed by atoms with Crippen molar-refractivity contribution in [2.75, 3.05) is 48.7 Å². The Kier molecular flexibility index (Phi) is 7.18. The van der Waals surface area contributed by atoms with Crippen LogP contribution < -0.4 is 10.2 Å². The van der Waals surface area contributed by atoms with Gasteiger partial charge >= 0.3 is 0 Å². The van der Waals surface area contributed by atoms with E-state index in [2.05, 4.69) is 31.9 Å². The fourth-order valence-electron chi connectivity index (χ4n) is 3.46. The lowest BCUT2D eigenvalue weighted by molar-refractivity contribution is -0.113. The number of aromatic nitrogens is 2. The quantitative estimate of drug-likeness (QED) is 0.409. The summed E-state index contributed by atoms with van der Waals surface area (Å²) in [6.45, 7) is 8.68. The molecule has 1 N–H and O–H groups in total. The average molecular weight is 454 g/mol. The molecule has 0 unspecified atom stereocenters. The fraction of sp³-hybridized carbons (Fsp3) is 0.261. The molecule has 1 aromatic heterocycles. The fourth-order valence-corrected chi connectivity index (χ4v) is 4.02. The van der Waals surface area contributed by atoms with E-state index >= 15 is 0 Å². The molecule has 2 heterocycles. The first-order valence-corrected chi connectivity index (χ1v) is 11.3. The number of anilines is 2. The van der Waals surface area contributed by atoms with Crippen molar-refractivity contribution in [3.8, 4) is 11.5 Å². The predicted octanol–water partition coefficient (Wildman–Crippen LogP) is 3.91. The maximum absolute atomic E-state index is 13.3. The minimum absolute atomic E-state index is 0.123. The zero-order valence-corrected chi connectivity index (χ0v) is 18.4. The highest BCUT2D eigenvalue weighted by atomic mass is 32.2. The van der Waals surface area contributed by atoms with Gasteiger partial charge in [-0.15, -0.1) is 16.8 Å². The molecule has 166 valence electrons. The van der Waals surface area contributed by atoms with E-state index in [9.17, 15) is 9.18 Å². The van der Waals surface area contributed by atoms with E-state index in [1.54, 1.807) is 12.1 Å². The molecule has 1 aliphatic rings. The van der Waals surface area contributed by atoms with Crippen LogP contribution in [-0.2, 0) is 4.79 Å². The number of halogens is 1. The number of benzene rings is 2. The van der Waals surface area contributed by atoms with Gasteiger partial charge in [-0.2, -0.15) is 0 Å². The van der Waals surface area contributed by atoms with Crippen LogP contribution in [0.1, 0.15) is 0 Å². The highest BCUT2D eigenvalue weighted by molar-refractivity contribution is 7.99. The lowest BCUT2D eigenvalue weighted by atomic mass is 10.2. The number of thioether (sulfide) groups is 1. The summed E-state index contributed by atoms with van der Waals surface area (Å²) in [5, 5.41) is 11.0. The Morgan fingerprint density at radius 3 is 2.66 bits per heavy atom. The highest BCUT2D eigenvalue weighted by Crippen LogP contribution is 2.24. The number of hydrogen-bond donors (Lipinski definition) is 1. The van der Waals surface area contributed by atoms with Gasteiger partial charge in [-0.05, 0) is 42.5 Å². The number of carbonyl (C=O) groups is 1. The van der Waals surface area contributed by atoms with Gasteiger partial charge in [0.15, 0.2) is 0 Å². The lowest BCUT2D eigenvalue weighted by Crippen LogP contribution is -2.46. The van der Waals surface area contributed by atoms with Gasteiger partial charge in [0.1, 0.15) is 5.82 Å². The third kappa shape index (κ3) is 5.74. The van der Waals surface area contributed by atoms with Gasteiger partial charge in [0.05, 0.1) is 5.75 Å². The van der Waals surface area contributed by atoms with Gasteiger partial charge in [0.2, 0.25) is 11.8 Å². The van der Waals surface area contributed by atoms with Crippen LogP contribution in [0.15, 0.2) is 70.8 Å². The Labute approximate surface area is 190 Å². The third-order valence-corrected chi connectivity index (χ3v) is 5.90. The van der Waals surface area contributed by atoms with Crippen LogP contribution in [-0.4, -0.2) is 59.5 Å². The van der Waals surface area contributed by atoms with Gasteiger partial charge in [-0.3, -0.25) is 9.69 Å². The van der Waals surface area contributed by atoms with Crippen molar-refractivity contribution >= 4 is 29.0 Å². The Morgan fingerprint density at radius 1 is 1.16 bits per heavy atom. The van der Waals surface area contributed by atoms with Crippen LogP contribution in [0.5, 0.6) is 0 Å². The molecular weight excluding hydrogens is 429 g/mol. The zero-order valence-electron chi connectivity index (χ0n) is 17.5. The van der Waals surface area contributed by atoms with Crippen molar-refractivity contribution in [2.24, 2.45) is 0 Å². The Morgan fingerprint density at radius 2 is 1.94 bits per heavy atom. The molecule has 3 aromatic rings. The number of amides is 1. The van der Waals surface area contributed by atoms with Gasteiger partial charge in [-0.25, -0.2) is 4.39 Å². The van der Waals surface area contributed by atoms with Crippen LogP contribution in [0, 0.1) is 5.82 Å². The second-order valence-corrected chi connectivity index (χ2v) is 8.27. The third-order valence-electron chi connectivity index (χ3n) is 5.08. The highest BCUT2D eigenvalue weighted by Gasteiger charge is 2.16. The normalized spacial score (nSPS) is 14.3. The number of nitrogens with one attached hydrogen (secondary N) is 1. The van der Waals surface area contributed by atoms with E-state index < -0.39 is 0 Å². The molecule has 1 aliphatic heterocycles. The van der Waals surface area contributed by atoms with Crippen LogP contribution in [0.3, 0.4) is 0 Å². The summed E-state index contributed by atoms with van der Waals surface area (Å²) in [6, 6.07) is 13.8. The van der Waals surface area contributed by atoms with Crippen LogP contribution in [0.4, 0.5) is 15.8 Å². The molecule has 0 spiro atoms. The summed E-state index contributed by atoms with van der Waals surface area (Å²) in [5.74, 6) is -0.215. The number of rotatable bonds is 8. The number of carbonyl (C=O) groups excluding carboxylic acids is 1. The van der Waals surface area contributed by atoms with Crippen molar-refractivity contribution in [1.82, 2.24) is 15.1 Å². The molecule has 7 nitrogen and oxygen atoms in total. The van der Waals surface area contributed by atoms with Gasteiger partial charge in [-0.1, -0.05) is 23.9 Å². The maximum atomic E-state index is 13.3. The van der Waals surface area contributed by atoms with Gasteiger partial charge < -0.3 is 14.6 Å². The van der Waals surface area contributed by atoms with Crippen molar-refractivity contribution in [3.05, 3.63) is 67.0 Å². The van der Waals surface area contributed by atoms with E-state index in [1.165, 1.54) is 12.1 Å². The molecule has 1 saturated heterocycles. The van der Waals surface area contributed by atoms with E-state index in [1.807, 2.05) is 30.3 Å². The minimum Gasteiger partial charge on any atom is -0.411 e. The Bertz CT molecular complexity index is 1060. The number of piperazine rings is 1. The Hall–Kier alpha value is -3.17. The van der Waals surface area contributed by atoms with E-state index in [0.29, 0.717) is 5.56 Å². The molecular formula is C23H24FN5O2S. The first-order chi connectivity index (χ1) is 15.6. The first kappa shape index (κ1) is 22.0. The lowest BCUT2D eigenvalue weighted by Gasteiger charge is -2.35. The second-order valence-electron chi connectivity index (χ2n) is 7.34. The molecule has 0 radical (unpaired) electrons. The van der Waals surface area contributed by atoms with Crippen molar-refractivity contribution < 1.29 is 13.6 Å². The van der Waals surface area contributed by atoms with Crippen molar-refractivity contribution in [3.63, 3.8) is 0 Å². The molecule has 0 atom stereocenters. The standard InChI is InChI=1S/C23H24FN5O2S/c1-2-10-28-11-13-29(14-12-28)20-8-6-19(7-9-20)25-21(30)16-32-23-27-26-22(31-23)17-4-3-5-18(24)15-17/h2-9,15H,1,10-14,16H2,(H,25,30). The second kappa shape index (κ2) is 10.4. The monoisotopic (exact) mass is 453 g/mol. The SMILES string of the molecule is C=CCN1CCN(c2ccc(NC(=O)CSc3nnc(-c4cccc(F)c4)o3)cc2)CC1. The predicted molar refractivity (Wildman–Crippen MR) is 124 cm³/mol. The summed E-state index contributed by atoms with van der Waals surface area (Å²) in [4.78, 5) is 17.0. The van der Waals surface area contributed by atoms with E-state index in [0.717, 1.165) is 55.9 Å². The summed E-state index contributed by atoms with van der Waals surface area (Å²) in [6.07, 6.45) is 1.94. The first-order valence-electron chi connectivity index (χ1n) is 10.3. The van der Waals surface area contributed by atoms with Gasteiger partial charge in [0, 0.05) is 49.7 Å². The molecule has 9 heteroatoms. The van der Waals surface area contributed by atoms with E-state index in [4.69, 9.17) is 4.42 Å². The topological polar surface area (TPSA) is 74.5 Å². The maximum Gasteiger partial charge on any atom is 0.277 e. The Balaban J connectivity index is 1.25. The summed E-state index contributed by atoms with van der Waals surface area (Å²) < 4.78 is 18.9. The molecule has 0 bridgehead atoms. The molecule has 32 heavy (non-hydrogen) atoms. The molecule has 2 aromatic carbocycles. The van der Waals surface area contributed by atoms with Crippen LogP contribution in [0.25, 0.3) is 11.5 Å². The number of hydrogen-bond acceptors (Lipinski definition) is 7. The van der Waals surface area contributed by atoms with Crippen molar-refractivity contribution in [1.29, 1.82) is 0 Å². The average Bonchev–Trinajstić information content (AvgIpc) is 3.28. The summed E-state index contributed by atoms with van der Waals surface area (Å²) in [7, 11) is 0. The van der Waals surface area contributed by atoms with Crippen LogP contribution in [0.2, 0.25) is 0 Å². The molecule has 1 fully saturated rings. The van der Waals surface area contributed by atoms with Crippen molar-refractivity contribution in [2.45, 2.75) is 5.22 Å². The minimum atomic E-state index is -0.379. The smallest absolute Gasteiger partial charge is 0.277 e. The van der Waals surface area contributed by atoms with Crippen LogP contribution >= 0.6 is 11.8 Å². The molecule has 0 aliphatic carbocycles. The summed E-state index contributed by atoms with van der Waals surface area (Å²) >= 11 is 1.13. The molecule has 0 saturated carbocycles.